The Labute approximate surface area is 134 Å². The second kappa shape index (κ2) is 9.46. The maximum atomic E-state index is 13.1. The van der Waals surface area contributed by atoms with E-state index in [0.717, 1.165) is 12.1 Å². The first-order valence-electron chi connectivity index (χ1n) is 7.16. The van der Waals surface area contributed by atoms with E-state index < -0.39 is 23.9 Å². The Kier molecular flexibility index (Phi) is 7.61. The molecule has 0 N–H and O–H groups in total. The summed E-state index contributed by atoms with van der Waals surface area (Å²) in [6, 6.07) is 3.54. The van der Waals surface area contributed by atoms with E-state index in [2.05, 4.69) is 11.8 Å². The van der Waals surface area contributed by atoms with E-state index in [1.807, 2.05) is 6.92 Å². The van der Waals surface area contributed by atoms with Crippen LogP contribution in [0.15, 0.2) is 18.2 Å². The monoisotopic (exact) mass is 322 g/mol. The molecule has 0 aliphatic heterocycles. The molecule has 0 radical (unpaired) electrons. The van der Waals surface area contributed by atoms with Crippen LogP contribution >= 0.6 is 0 Å². The quantitative estimate of drug-likeness (QED) is 0.439. The molecule has 23 heavy (non-hydrogen) atoms. The highest BCUT2D eigenvalue weighted by molar-refractivity contribution is 5.79. The van der Waals surface area contributed by atoms with Crippen molar-refractivity contribution in [3.05, 3.63) is 24.0 Å². The summed E-state index contributed by atoms with van der Waals surface area (Å²) in [5, 5.41) is 0. The summed E-state index contributed by atoms with van der Waals surface area (Å²) in [4.78, 5) is 23.4. The SMILES string of the molecule is CC#CC(CC)OC(=O)CCC(=O)Oc1ccc(F)cc1OC. The van der Waals surface area contributed by atoms with Gasteiger partial charge in [-0.3, -0.25) is 9.59 Å². The van der Waals surface area contributed by atoms with Gasteiger partial charge in [-0.2, -0.15) is 0 Å². The van der Waals surface area contributed by atoms with Crippen molar-refractivity contribution in [1.82, 2.24) is 0 Å². The second-order valence-electron chi connectivity index (χ2n) is 4.55. The van der Waals surface area contributed by atoms with Gasteiger partial charge in [0.05, 0.1) is 20.0 Å². The smallest absolute Gasteiger partial charge is 0.311 e. The topological polar surface area (TPSA) is 61.8 Å². The largest absolute Gasteiger partial charge is 0.493 e. The molecular weight excluding hydrogens is 303 g/mol. The number of esters is 2. The standard InChI is InChI=1S/C17H19FO5/c1-4-6-13(5-2)22-16(19)9-10-17(20)23-14-8-7-12(18)11-15(14)21-3/h7-8,11,13H,5,9-10H2,1-3H3. The number of carbonyl (C=O) groups is 2. The molecule has 0 amide bonds. The molecule has 0 bridgehead atoms. The van der Waals surface area contributed by atoms with E-state index in [1.165, 1.54) is 13.2 Å². The van der Waals surface area contributed by atoms with Crippen molar-refractivity contribution in [2.75, 3.05) is 7.11 Å². The molecule has 1 aromatic carbocycles. The number of benzene rings is 1. The zero-order valence-electron chi connectivity index (χ0n) is 13.3. The highest BCUT2D eigenvalue weighted by Gasteiger charge is 2.15. The molecule has 1 aromatic rings. The average Bonchev–Trinajstić information content (AvgIpc) is 2.54. The fraction of sp³-hybridized carbons (Fsp3) is 0.412. The molecule has 5 nitrogen and oxygen atoms in total. The van der Waals surface area contributed by atoms with Gasteiger partial charge in [-0.1, -0.05) is 12.8 Å². The van der Waals surface area contributed by atoms with Crippen molar-refractivity contribution < 1.29 is 28.2 Å². The minimum absolute atomic E-state index is 0.0931. The summed E-state index contributed by atoms with van der Waals surface area (Å²) in [5.74, 6) is 3.95. The van der Waals surface area contributed by atoms with E-state index in [-0.39, 0.29) is 24.3 Å². The first-order chi connectivity index (χ1) is 11.0. The number of hydrogen-bond acceptors (Lipinski definition) is 5. The number of carbonyl (C=O) groups excluding carboxylic acids is 2. The van der Waals surface area contributed by atoms with Gasteiger partial charge in [0.15, 0.2) is 17.6 Å². The molecule has 0 aliphatic rings. The van der Waals surface area contributed by atoms with Gasteiger partial charge in [0.2, 0.25) is 0 Å². The first kappa shape index (κ1) is 18.5. The minimum atomic E-state index is -0.638. The van der Waals surface area contributed by atoms with Crippen LogP contribution in [0.25, 0.3) is 0 Å². The minimum Gasteiger partial charge on any atom is -0.493 e. The van der Waals surface area contributed by atoms with E-state index >= 15 is 0 Å². The van der Waals surface area contributed by atoms with Crippen LogP contribution in [0, 0.1) is 17.7 Å². The molecule has 0 spiro atoms. The molecule has 1 rings (SSSR count). The number of methoxy groups -OCH3 is 1. The van der Waals surface area contributed by atoms with Crippen LogP contribution in [0.3, 0.4) is 0 Å². The van der Waals surface area contributed by atoms with Crippen LogP contribution in [0.5, 0.6) is 11.5 Å². The summed E-state index contributed by atoms with van der Waals surface area (Å²) in [7, 11) is 1.34. The summed E-state index contributed by atoms with van der Waals surface area (Å²) in [5.41, 5.74) is 0. The molecule has 0 saturated carbocycles. The normalized spacial score (nSPS) is 11.0. The van der Waals surface area contributed by atoms with Gasteiger partial charge in [-0.15, -0.1) is 5.92 Å². The van der Waals surface area contributed by atoms with Crippen molar-refractivity contribution >= 4 is 11.9 Å². The van der Waals surface area contributed by atoms with Gasteiger partial charge in [0, 0.05) is 6.07 Å². The Morgan fingerprint density at radius 1 is 1.22 bits per heavy atom. The molecule has 0 aromatic heterocycles. The van der Waals surface area contributed by atoms with Gasteiger partial charge < -0.3 is 14.2 Å². The maximum absolute atomic E-state index is 13.1. The highest BCUT2D eigenvalue weighted by atomic mass is 19.1. The van der Waals surface area contributed by atoms with Gasteiger partial charge in [0.1, 0.15) is 5.82 Å². The van der Waals surface area contributed by atoms with Gasteiger partial charge in [-0.05, 0) is 25.5 Å². The Morgan fingerprint density at radius 3 is 2.52 bits per heavy atom. The lowest BCUT2D eigenvalue weighted by Gasteiger charge is -2.11. The Bertz CT molecular complexity index is 615. The fourth-order valence-corrected chi connectivity index (χ4v) is 1.70. The Balaban J connectivity index is 2.51. The fourth-order valence-electron chi connectivity index (χ4n) is 1.70. The predicted molar refractivity (Wildman–Crippen MR) is 81.4 cm³/mol. The highest BCUT2D eigenvalue weighted by Crippen LogP contribution is 2.27. The molecule has 124 valence electrons. The van der Waals surface area contributed by atoms with Gasteiger partial charge in [-0.25, -0.2) is 4.39 Å². The molecule has 0 heterocycles. The third-order valence-corrected chi connectivity index (χ3v) is 2.83. The number of rotatable bonds is 7. The van der Waals surface area contributed by atoms with Crippen molar-refractivity contribution in [3.63, 3.8) is 0 Å². The van der Waals surface area contributed by atoms with E-state index in [9.17, 15) is 14.0 Å². The lowest BCUT2D eigenvalue weighted by molar-refractivity contribution is -0.149. The maximum Gasteiger partial charge on any atom is 0.311 e. The van der Waals surface area contributed by atoms with Gasteiger partial charge >= 0.3 is 11.9 Å². The number of ether oxygens (including phenoxy) is 3. The Hall–Kier alpha value is -2.55. The van der Waals surface area contributed by atoms with Gasteiger partial charge in [0.25, 0.3) is 0 Å². The van der Waals surface area contributed by atoms with E-state index in [4.69, 9.17) is 14.2 Å². The second-order valence-corrected chi connectivity index (χ2v) is 4.55. The van der Waals surface area contributed by atoms with Crippen LogP contribution in [0.2, 0.25) is 0 Å². The average molecular weight is 322 g/mol. The summed E-state index contributed by atoms with van der Waals surface area (Å²) < 4.78 is 28.1. The molecule has 1 atom stereocenters. The lowest BCUT2D eigenvalue weighted by Crippen LogP contribution is -2.18. The molecule has 6 heteroatoms. The third-order valence-electron chi connectivity index (χ3n) is 2.83. The Morgan fingerprint density at radius 2 is 1.91 bits per heavy atom. The molecule has 0 fully saturated rings. The van der Waals surface area contributed by atoms with Crippen molar-refractivity contribution in [2.45, 2.75) is 39.2 Å². The van der Waals surface area contributed by atoms with Crippen molar-refractivity contribution in [1.29, 1.82) is 0 Å². The lowest BCUT2D eigenvalue weighted by atomic mass is 10.2. The van der Waals surface area contributed by atoms with Crippen LogP contribution in [0.4, 0.5) is 4.39 Å². The predicted octanol–water partition coefficient (Wildman–Crippen LogP) is 2.87. The third kappa shape index (κ3) is 6.39. The van der Waals surface area contributed by atoms with Crippen LogP contribution < -0.4 is 9.47 Å². The molecule has 1 unspecified atom stereocenters. The van der Waals surface area contributed by atoms with Crippen molar-refractivity contribution in [2.24, 2.45) is 0 Å². The molecule has 0 saturated heterocycles. The number of hydrogen-bond donors (Lipinski definition) is 0. The van der Waals surface area contributed by atoms with Crippen LogP contribution in [-0.4, -0.2) is 25.2 Å². The zero-order valence-corrected chi connectivity index (χ0v) is 13.3. The number of halogens is 1. The van der Waals surface area contributed by atoms with Crippen molar-refractivity contribution in [3.8, 4) is 23.3 Å². The first-order valence-corrected chi connectivity index (χ1v) is 7.16. The van der Waals surface area contributed by atoms with E-state index in [1.54, 1.807) is 6.92 Å². The summed E-state index contributed by atoms with van der Waals surface area (Å²) in [6.45, 7) is 3.50. The molecular formula is C17H19FO5. The zero-order chi connectivity index (χ0) is 17.2. The van der Waals surface area contributed by atoms with E-state index in [0.29, 0.717) is 6.42 Å². The van der Waals surface area contributed by atoms with Crippen LogP contribution in [0.1, 0.15) is 33.1 Å². The summed E-state index contributed by atoms with van der Waals surface area (Å²) in [6.07, 6.45) is -0.177. The van der Waals surface area contributed by atoms with Crippen LogP contribution in [-0.2, 0) is 14.3 Å². The summed E-state index contributed by atoms with van der Waals surface area (Å²) >= 11 is 0. The molecule has 0 aliphatic carbocycles.